The molecule has 10 heteroatoms. The number of piperidine rings is 1. The predicted molar refractivity (Wildman–Crippen MR) is 124 cm³/mol. The molecule has 2 aliphatic heterocycles. The standard InChI is InChI=1S/C25H25N3O7/c1-25(2,3)35-24(33)26-15-7-4-6-14(12-15)13-34-18-9-5-8-16-20(18)23(32)28(22(16)31)17-10-11-19(29)27-21(17)30/h4-9,12,17H,10-11,13H2,1-3H3,(H,26,33)(H,27,29,30). The summed E-state index contributed by atoms with van der Waals surface area (Å²) >= 11 is 0. The molecular formula is C25H25N3O7. The number of carbonyl (C=O) groups is 5. The van der Waals surface area contributed by atoms with Crippen LogP contribution in [0, 0.1) is 0 Å². The van der Waals surface area contributed by atoms with Gasteiger partial charge < -0.3 is 9.47 Å². The Bertz CT molecular complexity index is 1230. The van der Waals surface area contributed by atoms with E-state index < -0.39 is 41.4 Å². The first kappa shape index (κ1) is 23.9. The Morgan fingerprint density at radius 3 is 2.54 bits per heavy atom. The van der Waals surface area contributed by atoms with E-state index in [9.17, 15) is 24.0 Å². The van der Waals surface area contributed by atoms with Gasteiger partial charge >= 0.3 is 6.09 Å². The Morgan fingerprint density at radius 1 is 1.09 bits per heavy atom. The predicted octanol–water partition coefficient (Wildman–Crippen LogP) is 3.01. The minimum atomic E-state index is -1.05. The highest BCUT2D eigenvalue weighted by Gasteiger charge is 2.46. The molecule has 10 nitrogen and oxygen atoms in total. The van der Waals surface area contributed by atoms with E-state index in [1.165, 1.54) is 6.07 Å². The number of ether oxygens (including phenoxy) is 2. The molecule has 0 radical (unpaired) electrons. The number of anilines is 1. The van der Waals surface area contributed by atoms with Gasteiger partial charge in [0.1, 0.15) is 24.0 Å². The molecule has 2 N–H and O–H groups in total. The summed E-state index contributed by atoms with van der Waals surface area (Å²) in [7, 11) is 0. The fourth-order valence-electron chi connectivity index (χ4n) is 3.93. The van der Waals surface area contributed by atoms with Gasteiger partial charge in [-0.05, 0) is 57.0 Å². The Hall–Kier alpha value is -4.21. The summed E-state index contributed by atoms with van der Waals surface area (Å²) in [5.74, 6) is -2.16. The maximum Gasteiger partial charge on any atom is 0.412 e. The lowest BCUT2D eigenvalue weighted by Gasteiger charge is -2.27. The van der Waals surface area contributed by atoms with Gasteiger partial charge in [0.15, 0.2) is 0 Å². The van der Waals surface area contributed by atoms with E-state index in [1.807, 2.05) is 0 Å². The summed E-state index contributed by atoms with van der Waals surface area (Å²) in [5, 5.41) is 4.83. The van der Waals surface area contributed by atoms with Crippen molar-refractivity contribution < 1.29 is 33.4 Å². The molecular weight excluding hydrogens is 454 g/mol. The second kappa shape index (κ2) is 9.21. The van der Waals surface area contributed by atoms with Gasteiger partial charge in [0.2, 0.25) is 11.8 Å². The first-order chi connectivity index (χ1) is 16.5. The van der Waals surface area contributed by atoms with E-state index in [-0.39, 0.29) is 36.3 Å². The van der Waals surface area contributed by atoms with Crippen molar-refractivity contribution in [2.24, 2.45) is 0 Å². The lowest BCUT2D eigenvalue weighted by Crippen LogP contribution is -2.54. The number of amides is 5. The minimum Gasteiger partial charge on any atom is -0.488 e. The van der Waals surface area contributed by atoms with E-state index >= 15 is 0 Å². The Balaban J connectivity index is 1.49. The molecule has 35 heavy (non-hydrogen) atoms. The van der Waals surface area contributed by atoms with Crippen molar-refractivity contribution in [2.45, 2.75) is 51.9 Å². The van der Waals surface area contributed by atoms with Gasteiger partial charge in [-0.15, -0.1) is 0 Å². The zero-order valence-corrected chi connectivity index (χ0v) is 19.5. The van der Waals surface area contributed by atoms with Crippen molar-refractivity contribution in [3.63, 3.8) is 0 Å². The van der Waals surface area contributed by atoms with Crippen LogP contribution >= 0.6 is 0 Å². The molecule has 0 bridgehead atoms. The maximum absolute atomic E-state index is 13.2. The van der Waals surface area contributed by atoms with Crippen LogP contribution in [0.15, 0.2) is 42.5 Å². The second-order valence-electron chi connectivity index (χ2n) is 9.24. The van der Waals surface area contributed by atoms with Crippen LogP contribution in [0.3, 0.4) is 0 Å². The van der Waals surface area contributed by atoms with E-state index in [4.69, 9.17) is 9.47 Å². The molecule has 2 heterocycles. The second-order valence-corrected chi connectivity index (χ2v) is 9.24. The summed E-state index contributed by atoms with van der Waals surface area (Å²) < 4.78 is 11.1. The minimum absolute atomic E-state index is 0.0425. The van der Waals surface area contributed by atoms with Crippen LogP contribution in [0.5, 0.6) is 5.75 Å². The molecule has 2 aromatic carbocycles. The number of nitrogens with one attached hydrogen (secondary N) is 2. The number of hydrogen-bond donors (Lipinski definition) is 2. The van der Waals surface area contributed by atoms with Crippen molar-refractivity contribution in [3.05, 3.63) is 59.2 Å². The highest BCUT2D eigenvalue weighted by molar-refractivity contribution is 6.24. The van der Waals surface area contributed by atoms with Crippen LogP contribution in [0.1, 0.15) is 59.9 Å². The molecule has 0 aromatic heterocycles. The fraction of sp³-hybridized carbons (Fsp3) is 0.320. The normalized spacial score (nSPS) is 17.7. The van der Waals surface area contributed by atoms with E-state index in [1.54, 1.807) is 57.2 Å². The van der Waals surface area contributed by atoms with Crippen LogP contribution in [-0.2, 0) is 20.9 Å². The average Bonchev–Trinajstić information content (AvgIpc) is 3.02. The third-order valence-corrected chi connectivity index (χ3v) is 5.40. The van der Waals surface area contributed by atoms with Crippen molar-refractivity contribution in [2.75, 3.05) is 5.32 Å². The number of imide groups is 2. The van der Waals surface area contributed by atoms with E-state index in [0.29, 0.717) is 11.3 Å². The molecule has 182 valence electrons. The third-order valence-electron chi connectivity index (χ3n) is 5.40. The number of carbonyl (C=O) groups excluding carboxylic acids is 5. The molecule has 1 saturated heterocycles. The zero-order valence-electron chi connectivity index (χ0n) is 19.5. The van der Waals surface area contributed by atoms with Crippen molar-refractivity contribution >= 4 is 35.4 Å². The Kier molecular flexibility index (Phi) is 6.29. The summed E-state index contributed by atoms with van der Waals surface area (Å²) in [6.45, 7) is 5.35. The van der Waals surface area contributed by atoms with Gasteiger partial charge in [-0.3, -0.25) is 34.7 Å². The van der Waals surface area contributed by atoms with Crippen molar-refractivity contribution in [3.8, 4) is 5.75 Å². The number of fused-ring (bicyclic) bond motifs is 1. The number of hydrogen-bond acceptors (Lipinski definition) is 7. The van der Waals surface area contributed by atoms with Crippen LogP contribution in [0.2, 0.25) is 0 Å². The van der Waals surface area contributed by atoms with Gasteiger partial charge in [0.25, 0.3) is 11.8 Å². The Morgan fingerprint density at radius 2 is 1.83 bits per heavy atom. The van der Waals surface area contributed by atoms with Crippen molar-refractivity contribution in [1.29, 1.82) is 0 Å². The topological polar surface area (TPSA) is 131 Å². The molecule has 1 fully saturated rings. The van der Waals surface area contributed by atoms with Crippen LogP contribution in [0.4, 0.5) is 10.5 Å². The Labute approximate surface area is 201 Å². The summed E-state index contributed by atoms with van der Waals surface area (Å²) in [5.41, 5.74) is 0.788. The lowest BCUT2D eigenvalue weighted by molar-refractivity contribution is -0.136. The van der Waals surface area contributed by atoms with Gasteiger partial charge in [-0.1, -0.05) is 18.2 Å². The van der Waals surface area contributed by atoms with Gasteiger partial charge in [0, 0.05) is 12.1 Å². The third kappa shape index (κ3) is 5.16. The number of benzene rings is 2. The largest absolute Gasteiger partial charge is 0.488 e. The van der Waals surface area contributed by atoms with Crippen molar-refractivity contribution in [1.82, 2.24) is 10.2 Å². The molecule has 0 aliphatic carbocycles. The van der Waals surface area contributed by atoms with E-state index in [0.717, 1.165) is 4.90 Å². The van der Waals surface area contributed by atoms with Crippen LogP contribution in [0.25, 0.3) is 0 Å². The quantitative estimate of drug-likeness (QED) is 0.630. The van der Waals surface area contributed by atoms with Gasteiger partial charge in [0.05, 0.1) is 11.1 Å². The van der Waals surface area contributed by atoms with Gasteiger partial charge in [-0.25, -0.2) is 4.79 Å². The first-order valence-electron chi connectivity index (χ1n) is 11.1. The fourth-order valence-corrected chi connectivity index (χ4v) is 3.93. The molecule has 1 unspecified atom stereocenters. The number of nitrogens with zero attached hydrogens (tertiary/aromatic N) is 1. The average molecular weight is 479 g/mol. The maximum atomic E-state index is 13.2. The molecule has 0 saturated carbocycles. The van der Waals surface area contributed by atoms with E-state index in [2.05, 4.69) is 10.6 Å². The monoisotopic (exact) mass is 479 g/mol. The SMILES string of the molecule is CC(C)(C)OC(=O)Nc1cccc(COc2cccc3c2C(=O)N(C2CCC(=O)NC2=O)C3=O)c1. The molecule has 2 aromatic rings. The summed E-state index contributed by atoms with van der Waals surface area (Å²) in [6, 6.07) is 10.5. The molecule has 4 rings (SSSR count). The summed E-state index contributed by atoms with van der Waals surface area (Å²) in [4.78, 5) is 62.7. The number of rotatable bonds is 5. The molecule has 0 spiro atoms. The first-order valence-corrected chi connectivity index (χ1v) is 11.1. The molecule has 2 aliphatic rings. The zero-order chi connectivity index (χ0) is 25.3. The van der Waals surface area contributed by atoms with Crippen LogP contribution in [-0.4, -0.2) is 46.3 Å². The van der Waals surface area contributed by atoms with Gasteiger partial charge in [-0.2, -0.15) is 0 Å². The summed E-state index contributed by atoms with van der Waals surface area (Å²) in [6.07, 6.45) is -0.473. The highest BCUT2D eigenvalue weighted by Crippen LogP contribution is 2.34. The smallest absolute Gasteiger partial charge is 0.412 e. The van der Waals surface area contributed by atoms with Crippen LogP contribution < -0.4 is 15.4 Å². The molecule has 1 atom stereocenters. The highest BCUT2D eigenvalue weighted by atomic mass is 16.6. The molecule has 5 amide bonds. The lowest BCUT2D eigenvalue weighted by atomic mass is 10.0.